The molecule has 7 heteroatoms. The summed E-state index contributed by atoms with van der Waals surface area (Å²) in [6, 6.07) is 10.5. The summed E-state index contributed by atoms with van der Waals surface area (Å²) >= 11 is 0. The van der Waals surface area contributed by atoms with E-state index in [1.54, 1.807) is 17.0 Å². The first-order valence-electron chi connectivity index (χ1n) is 9.95. The highest BCUT2D eigenvalue weighted by molar-refractivity contribution is 6.06. The first kappa shape index (κ1) is 19.4. The molecule has 6 nitrogen and oxygen atoms in total. The molecule has 0 unspecified atom stereocenters. The summed E-state index contributed by atoms with van der Waals surface area (Å²) in [5, 5.41) is 12.2. The topological polar surface area (TPSA) is 72.9 Å². The Balaban J connectivity index is 1.52. The molecule has 0 saturated carbocycles. The number of hydrogen-bond donors (Lipinski definition) is 2. The van der Waals surface area contributed by atoms with Crippen LogP contribution < -0.4 is 15.1 Å². The van der Waals surface area contributed by atoms with Crippen molar-refractivity contribution < 1.29 is 19.1 Å². The molecule has 2 N–H and O–H groups in total. The van der Waals surface area contributed by atoms with E-state index >= 15 is 0 Å². The average molecular weight is 397 g/mol. The predicted octanol–water partition coefficient (Wildman–Crippen LogP) is 2.98. The molecule has 1 fully saturated rings. The summed E-state index contributed by atoms with van der Waals surface area (Å²) in [5.74, 6) is -1.42. The number of aliphatic carboxylic acids is 1. The molecule has 0 atom stereocenters. The molecule has 2 aliphatic rings. The molecule has 2 heterocycles. The van der Waals surface area contributed by atoms with Crippen molar-refractivity contribution in [3.05, 3.63) is 58.9 Å². The van der Waals surface area contributed by atoms with Crippen LogP contribution in [0.3, 0.4) is 0 Å². The van der Waals surface area contributed by atoms with Crippen LogP contribution in [0.5, 0.6) is 0 Å². The largest absolute Gasteiger partial charge is 0.481 e. The zero-order valence-electron chi connectivity index (χ0n) is 16.2. The number of hydrogen-bond acceptors (Lipinski definition) is 3. The van der Waals surface area contributed by atoms with E-state index < -0.39 is 11.8 Å². The number of carboxylic acid groups (broad SMARTS) is 1. The fourth-order valence-corrected chi connectivity index (χ4v) is 4.00. The average Bonchev–Trinajstić information content (AvgIpc) is 2.93. The number of carbonyl (C=O) groups is 2. The minimum Gasteiger partial charge on any atom is -0.481 e. The number of nitrogens with zero attached hydrogens (tertiary/aromatic N) is 2. The van der Waals surface area contributed by atoms with E-state index in [1.165, 1.54) is 22.1 Å². The van der Waals surface area contributed by atoms with Crippen molar-refractivity contribution in [3.63, 3.8) is 0 Å². The van der Waals surface area contributed by atoms with E-state index in [0.717, 1.165) is 31.6 Å². The lowest BCUT2D eigenvalue weighted by atomic mass is 10.0. The quantitative estimate of drug-likeness (QED) is 0.814. The van der Waals surface area contributed by atoms with Gasteiger partial charge in [-0.1, -0.05) is 12.1 Å². The second kappa shape index (κ2) is 8.21. The number of urea groups is 1. The van der Waals surface area contributed by atoms with Crippen LogP contribution in [-0.4, -0.2) is 43.3 Å². The van der Waals surface area contributed by atoms with Crippen LogP contribution in [0.2, 0.25) is 0 Å². The van der Waals surface area contributed by atoms with Gasteiger partial charge in [-0.2, -0.15) is 0 Å². The Morgan fingerprint density at radius 2 is 1.79 bits per heavy atom. The van der Waals surface area contributed by atoms with Crippen molar-refractivity contribution in [2.24, 2.45) is 0 Å². The molecule has 1 saturated heterocycles. The summed E-state index contributed by atoms with van der Waals surface area (Å²) < 4.78 is 14.6. The van der Waals surface area contributed by atoms with Crippen molar-refractivity contribution in [2.75, 3.05) is 36.0 Å². The number of benzene rings is 2. The van der Waals surface area contributed by atoms with Crippen molar-refractivity contribution >= 4 is 23.4 Å². The molecule has 4 rings (SSSR count). The standard InChI is InChI=1S/C22H24FN3O3/c23-19-13-15(2-6-21(27)28)1-5-20(19)26-12-11-25(22(26)29)18-4-3-16-7-9-24-10-8-17(16)14-18/h1,3-5,13-14,24H,2,6-12H2,(H,27,28). The molecule has 2 amide bonds. The Bertz CT molecular complexity index is 947. The van der Waals surface area contributed by atoms with Gasteiger partial charge in [0.15, 0.2) is 0 Å². The van der Waals surface area contributed by atoms with Crippen LogP contribution in [0.15, 0.2) is 36.4 Å². The monoisotopic (exact) mass is 397 g/mol. The van der Waals surface area contributed by atoms with Crippen LogP contribution in [0.25, 0.3) is 0 Å². The van der Waals surface area contributed by atoms with Crippen LogP contribution in [0.4, 0.5) is 20.6 Å². The van der Waals surface area contributed by atoms with Crippen molar-refractivity contribution in [1.29, 1.82) is 0 Å². The number of anilines is 2. The SMILES string of the molecule is O=C(O)CCc1ccc(N2CCN(c3ccc4c(c3)CCNCC4)C2=O)c(F)c1. The van der Waals surface area contributed by atoms with E-state index in [0.29, 0.717) is 18.7 Å². The molecule has 0 bridgehead atoms. The molecule has 2 aromatic carbocycles. The van der Waals surface area contributed by atoms with Crippen LogP contribution in [-0.2, 0) is 24.1 Å². The molecule has 0 spiro atoms. The summed E-state index contributed by atoms with van der Waals surface area (Å²) in [6.45, 7) is 2.79. The maximum absolute atomic E-state index is 14.6. The summed E-state index contributed by atoms with van der Waals surface area (Å²) in [5.41, 5.74) is 4.25. The van der Waals surface area contributed by atoms with Crippen molar-refractivity contribution in [3.8, 4) is 0 Å². The first-order chi connectivity index (χ1) is 14.0. The van der Waals surface area contributed by atoms with E-state index in [4.69, 9.17) is 5.11 Å². The lowest BCUT2D eigenvalue weighted by Crippen LogP contribution is -2.32. The highest BCUT2D eigenvalue weighted by atomic mass is 19.1. The van der Waals surface area contributed by atoms with E-state index in [2.05, 4.69) is 17.4 Å². The first-order valence-corrected chi connectivity index (χ1v) is 9.95. The number of halogens is 1. The van der Waals surface area contributed by atoms with Gasteiger partial charge in [-0.15, -0.1) is 0 Å². The highest BCUT2D eigenvalue weighted by Crippen LogP contribution is 2.29. The minimum absolute atomic E-state index is 0.0525. The smallest absolute Gasteiger partial charge is 0.329 e. The number of fused-ring (bicyclic) bond motifs is 1. The number of carboxylic acids is 1. The summed E-state index contributed by atoms with van der Waals surface area (Å²) in [4.78, 5) is 26.8. The van der Waals surface area contributed by atoms with Gasteiger partial charge in [0.05, 0.1) is 5.69 Å². The van der Waals surface area contributed by atoms with Gasteiger partial charge in [-0.25, -0.2) is 9.18 Å². The molecule has 0 aliphatic carbocycles. The van der Waals surface area contributed by atoms with Gasteiger partial charge in [0.2, 0.25) is 0 Å². The van der Waals surface area contributed by atoms with E-state index in [-0.39, 0.29) is 24.6 Å². The van der Waals surface area contributed by atoms with E-state index in [1.807, 2.05) is 6.07 Å². The Hall–Kier alpha value is -2.93. The zero-order chi connectivity index (χ0) is 20.4. The van der Waals surface area contributed by atoms with Crippen molar-refractivity contribution in [1.82, 2.24) is 5.32 Å². The fraction of sp³-hybridized carbons (Fsp3) is 0.364. The Morgan fingerprint density at radius 3 is 2.55 bits per heavy atom. The number of rotatable bonds is 5. The van der Waals surface area contributed by atoms with Gasteiger partial charge in [0, 0.05) is 25.2 Å². The second-order valence-electron chi connectivity index (χ2n) is 7.47. The summed E-state index contributed by atoms with van der Waals surface area (Å²) in [7, 11) is 0. The molecule has 29 heavy (non-hydrogen) atoms. The third-order valence-electron chi connectivity index (χ3n) is 5.58. The number of aryl methyl sites for hydroxylation is 1. The van der Waals surface area contributed by atoms with Gasteiger partial charge < -0.3 is 10.4 Å². The lowest BCUT2D eigenvalue weighted by Gasteiger charge is -2.20. The molecular weight excluding hydrogens is 373 g/mol. The van der Waals surface area contributed by atoms with Gasteiger partial charge in [0.25, 0.3) is 0 Å². The van der Waals surface area contributed by atoms with Crippen molar-refractivity contribution in [2.45, 2.75) is 25.7 Å². The second-order valence-corrected chi connectivity index (χ2v) is 7.47. The molecule has 0 radical (unpaired) electrons. The lowest BCUT2D eigenvalue weighted by molar-refractivity contribution is -0.136. The number of amides is 2. The zero-order valence-corrected chi connectivity index (χ0v) is 16.2. The Morgan fingerprint density at radius 1 is 1.03 bits per heavy atom. The van der Waals surface area contributed by atoms with Crippen LogP contribution in [0, 0.1) is 5.82 Å². The van der Waals surface area contributed by atoms with Gasteiger partial charge in [-0.05, 0) is 73.3 Å². The number of nitrogens with one attached hydrogen (secondary N) is 1. The minimum atomic E-state index is -0.920. The van der Waals surface area contributed by atoms with Gasteiger partial charge in [0.1, 0.15) is 5.82 Å². The number of carbonyl (C=O) groups excluding carboxylic acids is 1. The Kier molecular flexibility index (Phi) is 5.49. The molecule has 0 aromatic heterocycles. The molecular formula is C22H24FN3O3. The third-order valence-corrected chi connectivity index (χ3v) is 5.58. The van der Waals surface area contributed by atoms with Gasteiger partial charge in [-0.3, -0.25) is 14.6 Å². The maximum Gasteiger partial charge on any atom is 0.329 e. The Labute approximate surface area is 168 Å². The fourth-order valence-electron chi connectivity index (χ4n) is 4.00. The summed E-state index contributed by atoms with van der Waals surface area (Å²) in [6.07, 6.45) is 2.12. The van der Waals surface area contributed by atoms with Crippen LogP contribution >= 0.6 is 0 Å². The molecule has 152 valence electrons. The van der Waals surface area contributed by atoms with Gasteiger partial charge >= 0.3 is 12.0 Å². The normalized spacial score (nSPS) is 16.7. The maximum atomic E-state index is 14.6. The molecule has 2 aliphatic heterocycles. The third kappa shape index (κ3) is 4.10. The predicted molar refractivity (Wildman–Crippen MR) is 109 cm³/mol. The van der Waals surface area contributed by atoms with Crippen LogP contribution in [0.1, 0.15) is 23.1 Å². The highest BCUT2D eigenvalue weighted by Gasteiger charge is 2.32. The van der Waals surface area contributed by atoms with E-state index in [9.17, 15) is 14.0 Å². The molecule has 2 aromatic rings.